The third kappa shape index (κ3) is 2.93. The number of hydrogen-bond donors (Lipinski definition) is 2. The highest BCUT2D eigenvalue weighted by atomic mass is 16.5. The number of amides is 1. The molecule has 0 unspecified atom stereocenters. The maximum Gasteiger partial charge on any atom is 0.250 e. The van der Waals surface area contributed by atoms with Crippen LogP contribution in [-0.2, 0) is 0 Å². The van der Waals surface area contributed by atoms with Crippen molar-refractivity contribution in [1.82, 2.24) is 4.98 Å². The molecule has 4 rings (SSSR count). The molecule has 0 aliphatic heterocycles. The van der Waals surface area contributed by atoms with Gasteiger partial charge < -0.3 is 15.5 Å². The Morgan fingerprint density at radius 2 is 1.65 bits per heavy atom. The first kappa shape index (κ1) is 16.0. The molecule has 0 spiro atoms. The van der Waals surface area contributed by atoms with Crippen molar-refractivity contribution >= 4 is 16.7 Å². The molecule has 0 saturated carbocycles. The zero-order chi connectivity index (χ0) is 18.1. The average Bonchev–Trinajstić information content (AvgIpc) is 3.04. The van der Waals surface area contributed by atoms with Crippen LogP contribution in [0.2, 0.25) is 0 Å². The molecule has 1 heterocycles. The van der Waals surface area contributed by atoms with E-state index in [1.54, 1.807) is 6.07 Å². The summed E-state index contributed by atoms with van der Waals surface area (Å²) in [6.07, 6.45) is 0. The Balaban J connectivity index is 1.73. The van der Waals surface area contributed by atoms with Gasteiger partial charge in [-0.1, -0.05) is 42.5 Å². The molecule has 0 fully saturated rings. The lowest BCUT2D eigenvalue weighted by molar-refractivity contribution is 0.1000. The molecule has 4 heteroatoms. The standard InChI is InChI=1S/C22H18N2O2/c1-14-19(22(23)25)13-20(24-14)18-8-4-5-9-21(18)26-17-11-10-15-6-2-3-7-16(15)12-17/h2-13,24H,1H3,(H2,23,25). The van der Waals surface area contributed by atoms with Gasteiger partial charge in [-0.2, -0.15) is 0 Å². The summed E-state index contributed by atoms with van der Waals surface area (Å²) in [5, 5.41) is 2.29. The number of aromatic nitrogens is 1. The van der Waals surface area contributed by atoms with Gasteiger partial charge in [-0.3, -0.25) is 4.79 Å². The number of ether oxygens (including phenoxy) is 1. The van der Waals surface area contributed by atoms with Crippen LogP contribution < -0.4 is 10.5 Å². The number of rotatable bonds is 4. The first-order valence-corrected chi connectivity index (χ1v) is 8.37. The number of nitrogens with two attached hydrogens (primary N) is 1. The Morgan fingerprint density at radius 3 is 2.42 bits per heavy atom. The number of nitrogens with one attached hydrogen (secondary N) is 1. The minimum atomic E-state index is -0.446. The summed E-state index contributed by atoms with van der Waals surface area (Å²) in [6, 6.07) is 23.6. The fourth-order valence-corrected chi connectivity index (χ4v) is 3.10. The van der Waals surface area contributed by atoms with E-state index in [0.29, 0.717) is 11.3 Å². The lowest BCUT2D eigenvalue weighted by Gasteiger charge is -2.11. The smallest absolute Gasteiger partial charge is 0.250 e. The molecule has 0 saturated heterocycles. The van der Waals surface area contributed by atoms with Gasteiger partial charge in [0.2, 0.25) is 0 Å². The SMILES string of the molecule is Cc1[nH]c(-c2ccccc2Oc2ccc3ccccc3c2)cc1C(N)=O. The van der Waals surface area contributed by atoms with Gasteiger partial charge in [-0.05, 0) is 48.0 Å². The van der Waals surface area contributed by atoms with E-state index in [-0.39, 0.29) is 0 Å². The van der Waals surface area contributed by atoms with Gasteiger partial charge in [-0.25, -0.2) is 0 Å². The summed E-state index contributed by atoms with van der Waals surface area (Å²) in [6.45, 7) is 1.83. The molecule has 26 heavy (non-hydrogen) atoms. The molecular weight excluding hydrogens is 324 g/mol. The predicted molar refractivity (Wildman–Crippen MR) is 104 cm³/mol. The highest BCUT2D eigenvalue weighted by molar-refractivity contribution is 5.95. The van der Waals surface area contributed by atoms with Gasteiger partial charge in [0.05, 0.1) is 11.3 Å². The van der Waals surface area contributed by atoms with Crippen LogP contribution in [0.25, 0.3) is 22.0 Å². The number of hydrogen-bond acceptors (Lipinski definition) is 2. The Bertz CT molecular complexity index is 1110. The number of H-pyrrole nitrogens is 1. The van der Waals surface area contributed by atoms with Crippen LogP contribution in [-0.4, -0.2) is 10.9 Å². The number of primary amides is 1. The topological polar surface area (TPSA) is 68.1 Å². The van der Waals surface area contributed by atoms with Gasteiger partial charge >= 0.3 is 0 Å². The number of carbonyl (C=O) groups excluding carboxylic acids is 1. The molecule has 3 aromatic carbocycles. The van der Waals surface area contributed by atoms with Crippen LogP contribution in [0.15, 0.2) is 72.8 Å². The van der Waals surface area contributed by atoms with E-state index < -0.39 is 5.91 Å². The molecule has 4 aromatic rings. The molecule has 1 aromatic heterocycles. The largest absolute Gasteiger partial charge is 0.457 e. The van der Waals surface area contributed by atoms with Crippen LogP contribution in [0.4, 0.5) is 0 Å². The summed E-state index contributed by atoms with van der Waals surface area (Å²) in [5.74, 6) is 1.02. The average molecular weight is 342 g/mol. The van der Waals surface area contributed by atoms with Gasteiger partial charge in [0.15, 0.2) is 0 Å². The first-order chi connectivity index (χ1) is 12.6. The van der Waals surface area contributed by atoms with Crippen LogP contribution in [0.5, 0.6) is 11.5 Å². The monoisotopic (exact) mass is 342 g/mol. The van der Waals surface area contributed by atoms with Crippen molar-refractivity contribution in [2.75, 3.05) is 0 Å². The van der Waals surface area contributed by atoms with E-state index in [9.17, 15) is 4.79 Å². The number of aryl methyl sites for hydroxylation is 1. The van der Waals surface area contributed by atoms with Crippen molar-refractivity contribution in [2.45, 2.75) is 6.92 Å². The van der Waals surface area contributed by atoms with Crippen molar-refractivity contribution in [1.29, 1.82) is 0 Å². The number of fused-ring (bicyclic) bond motifs is 1. The van der Waals surface area contributed by atoms with Crippen molar-refractivity contribution in [2.24, 2.45) is 5.73 Å². The zero-order valence-electron chi connectivity index (χ0n) is 14.3. The molecule has 0 aliphatic carbocycles. The van der Waals surface area contributed by atoms with Gasteiger partial charge in [0, 0.05) is 11.3 Å². The summed E-state index contributed by atoms with van der Waals surface area (Å²) in [7, 11) is 0. The molecule has 128 valence electrons. The Labute approximate surface area is 151 Å². The van der Waals surface area contributed by atoms with Crippen LogP contribution in [0.3, 0.4) is 0 Å². The normalized spacial score (nSPS) is 10.8. The summed E-state index contributed by atoms with van der Waals surface area (Å²) in [4.78, 5) is 14.8. The van der Waals surface area contributed by atoms with Gasteiger partial charge in [-0.15, -0.1) is 0 Å². The van der Waals surface area contributed by atoms with Crippen LogP contribution >= 0.6 is 0 Å². The predicted octanol–water partition coefficient (Wildman–Crippen LogP) is 5.03. The lowest BCUT2D eigenvalue weighted by Crippen LogP contribution is -2.10. The minimum Gasteiger partial charge on any atom is -0.457 e. The highest BCUT2D eigenvalue weighted by Gasteiger charge is 2.14. The number of para-hydroxylation sites is 1. The van der Waals surface area contributed by atoms with Crippen molar-refractivity contribution in [3.63, 3.8) is 0 Å². The van der Waals surface area contributed by atoms with E-state index in [0.717, 1.165) is 28.1 Å². The number of benzene rings is 3. The molecule has 0 radical (unpaired) electrons. The maximum absolute atomic E-state index is 11.5. The fourth-order valence-electron chi connectivity index (χ4n) is 3.10. The first-order valence-electron chi connectivity index (χ1n) is 8.37. The Morgan fingerprint density at radius 1 is 0.923 bits per heavy atom. The van der Waals surface area contributed by atoms with E-state index in [2.05, 4.69) is 17.1 Å². The highest BCUT2D eigenvalue weighted by Crippen LogP contribution is 2.34. The third-order valence-corrected chi connectivity index (χ3v) is 4.41. The fraction of sp³-hybridized carbons (Fsp3) is 0.0455. The second-order valence-corrected chi connectivity index (χ2v) is 6.19. The molecular formula is C22H18N2O2. The maximum atomic E-state index is 11.5. The summed E-state index contributed by atoms with van der Waals surface area (Å²) < 4.78 is 6.15. The molecule has 0 bridgehead atoms. The number of aromatic amines is 1. The lowest BCUT2D eigenvalue weighted by atomic mass is 10.1. The van der Waals surface area contributed by atoms with E-state index >= 15 is 0 Å². The van der Waals surface area contributed by atoms with Crippen molar-refractivity contribution in [3.05, 3.63) is 84.1 Å². The summed E-state index contributed by atoms with van der Waals surface area (Å²) >= 11 is 0. The van der Waals surface area contributed by atoms with Crippen molar-refractivity contribution < 1.29 is 9.53 Å². The quantitative estimate of drug-likeness (QED) is 0.546. The Hall–Kier alpha value is -3.53. The van der Waals surface area contributed by atoms with E-state index in [1.165, 1.54) is 5.39 Å². The zero-order valence-corrected chi connectivity index (χ0v) is 14.3. The van der Waals surface area contributed by atoms with Gasteiger partial charge in [0.1, 0.15) is 11.5 Å². The molecule has 3 N–H and O–H groups in total. The summed E-state index contributed by atoms with van der Waals surface area (Å²) in [5.41, 5.74) is 8.33. The Kier molecular flexibility index (Phi) is 3.93. The number of carbonyl (C=O) groups is 1. The third-order valence-electron chi connectivity index (χ3n) is 4.41. The second kappa shape index (κ2) is 6.41. The molecule has 0 aliphatic rings. The molecule has 4 nitrogen and oxygen atoms in total. The molecule has 0 atom stereocenters. The minimum absolute atomic E-state index is 0.446. The second-order valence-electron chi connectivity index (χ2n) is 6.19. The van der Waals surface area contributed by atoms with E-state index in [1.807, 2.05) is 61.5 Å². The van der Waals surface area contributed by atoms with Crippen LogP contribution in [0, 0.1) is 6.92 Å². The van der Waals surface area contributed by atoms with Crippen molar-refractivity contribution in [3.8, 4) is 22.8 Å². The van der Waals surface area contributed by atoms with E-state index in [4.69, 9.17) is 10.5 Å². The van der Waals surface area contributed by atoms with Gasteiger partial charge in [0.25, 0.3) is 5.91 Å². The van der Waals surface area contributed by atoms with Crippen LogP contribution in [0.1, 0.15) is 16.1 Å². The molecule has 1 amide bonds.